The normalized spacial score (nSPS) is 20.6. The molecule has 0 radical (unpaired) electrons. The Morgan fingerprint density at radius 1 is 1.31 bits per heavy atom. The molecule has 0 N–H and O–H groups in total. The molecule has 1 aliphatic heterocycles. The van der Waals surface area contributed by atoms with Gasteiger partial charge in [0.25, 0.3) is 0 Å². The number of benzene rings is 1. The van der Waals surface area contributed by atoms with E-state index >= 15 is 0 Å². The van der Waals surface area contributed by atoms with Crippen molar-refractivity contribution in [3.05, 3.63) is 23.8 Å². The number of ether oxygens (including phenoxy) is 1. The number of hydrogen-bond donors (Lipinski definition) is 0. The molecule has 1 atom stereocenters. The van der Waals surface area contributed by atoms with Gasteiger partial charge >= 0.3 is 15.6 Å². The molecule has 1 fully saturated rings. The molecule has 0 aromatic heterocycles. The second-order valence-electron chi connectivity index (χ2n) is 6.82. The highest BCUT2D eigenvalue weighted by Gasteiger charge is 2.49. The first-order valence-corrected chi connectivity index (χ1v) is 10.1. The maximum Gasteiger partial charge on any atom is 0.534 e. The minimum atomic E-state index is -5.71. The Balaban J connectivity index is 1.82. The molecule has 0 amide bonds. The topological polar surface area (TPSA) is 55.8 Å². The molecule has 26 heavy (non-hydrogen) atoms. The van der Waals surface area contributed by atoms with Crippen LogP contribution in [-0.2, 0) is 16.5 Å². The lowest BCUT2D eigenvalue weighted by atomic mass is 10.00. The zero-order valence-corrected chi connectivity index (χ0v) is 15.3. The van der Waals surface area contributed by atoms with Crippen molar-refractivity contribution in [1.29, 1.82) is 0 Å². The van der Waals surface area contributed by atoms with Crippen LogP contribution in [-0.4, -0.2) is 44.6 Å². The van der Waals surface area contributed by atoms with E-state index in [0.29, 0.717) is 30.3 Å². The van der Waals surface area contributed by atoms with Gasteiger partial charge in [-0.25, -0.2) is 0 Å². The quantitative estimate of drug-likeness (QED) is 0.525. The molecular weight excluding hydrogens is 371 g/mol. The molecule has 146 valence electrons. The Morgan fingerprint density at radius 2 is 2.04 bits per heavy atom. The number of alkyl halides is 3. The minimum Gasteiger partial charge on any atom is -0.492 e. The molecule has 1 aromatic carbocycles. The van der Waals surface area contributed by atoms with Crippen LogP contribution in [0.25, 0.3) is 0 Å². The number of rotatable bonds is 7. The van der Waals surface area contributed by atoms with E-state index in [4.69, 9.17) is 4.74 Å². The SMILES string of the molecule is CCCN(CC1CC1)C1COc2cccc(OS(=O)(=O)C(F)(F)F)c2C1. The average molecular weight is 393 g/mol. The molecule has 1 heterocycles. The molecule has 2 aliphatic rings. The van der Waals surface area contributed by atoms with E-state index in [1.165, 1.54) is 25.0 Å². The van der Waals surface area contributed by atoms with Crippen LogP contribution in [0.3, 0.4) is 0 Å². The third-order valence-electron chi connectivity index (χ3n) is 4.66. The first-order valence-electron chi connectivity index (χ1n) is 8.70. The van der Waals surface area contributed by atoms with Gasteiger partial charge in [0.1, 0.15) is 18.1 Å². The van der Waals surface area contributed by atoms with Gasteiger partial charge in [-0.2, -0.15) is 21.6 Å². The first-order chi connectivity index (χ1) is 12.2. The van der Waals surface area contributed by atoms with Crippen molar-refractivity contribution < 1.29 is 30.5 Å². The molecule has 1 aliphatic carbocycles. The molecule has 9 heteroatoms. The van der Waals surface area contributed by atoms with Crippen molar-refractivity contribution in [1.82, 2.24) is 4.90 Å². The Morgan fingerprint density at radius 3 is 2.65 bits per heavy atom. The fraction of sp³-hybridized carbons (Fsp3) is 0.647. The zero-order chi connectivity index (χ0) is 18.9. The number of halogens is 3. The average Bonchev–Trinajstić information content (AvgIpc) is 3.37. The molecule has 1 saturated carbocycles. The molecule has 0 saturated heterocycles. The lowest BCUT2D eigenvalue weighted by molar-refractivity contribution is -0.0500. The van der Waals surface area contributed by atoms with Gasteiger partial charge in [0.05, 0.1) is 0 Å². The summed E-state index contributed by atoms with van der Waals surface area (Å²) in [4.78, 5) is 2.29. The van der Waals surface area contributed by atoms with Crippen molar-refractivity contribution in [3.63, 3.8) is 0 Å². The van der Waals surface area contributed by atoms with Crippen molar-refractivity contribution in [2.45, 2.75) is 44.2 Å². The monoisotopic (exact) mass is 393 g/mol. The van der Waals surface area contributed by atoms with Gasteiger partial charge in [0.15, 0.2) is 0 Å². The maximum absolute atomic E-state index is 12.7. The Hall–Kier alpha value is -1.48. The molecule has 1 unspecified atom stereocenters. The third-order valence-corrected chi connectivity index (χ3v) is 5.63. The van der Waals surface area contributed by atoms with Crippen LogP contribution in [0.5, 0.6) is 11.5 Å². The fourth-order valence-electron chi connectivity index (χ4n) is 3.18. The summed E-state index contributed by atoms with van der Waals surface area (Å²) in [5, 5.41) is 0. The van der Waals surface area contributed by atoms with Crippen molar-refractivity contribution in [2.24, 2.45) is 5.92 Å². The maximum atomic E-state index is 12.7. The van der Waals surface area contributed by atoms with Gasteiger partial charge in [0, 0.05) is 18.2 Å². The Kier molecular flexibility index (Phi) is 5.39. The Bertz CT molecular complexity index is 747. The van der Waals surface area contributed by atoms with E-state index in [1.807, 2.05) is 0 Å². The van der Waals surface area contributed by atoms with Crippen molar-refractivity contribution >= 4 is 10.1 Å². The zero-order valence-electron chi connectivity index (χ0n) is 14.5. The molecule has 3 rings (SSSR count). The summed E-state index contributed by atoms with van der Waals surface area (Å²) in [6, 6.07) is 4.26. The number of nitrogens with zero attached hydrogens (tertiary/aromatic N) is 1. The van der Waals surface area contributed by atoms with Crippen LogP contribution in [0.2, 0.25) is 0 Å². The summed E-state index contributed by atoms with van der Waals surface area (Å²) in [5.74, 6) is 0.728. The molecule has 0 spiro atoms. The first kappa shape index (κ1) is 19.3. The van der Waals surface area contributed by atoms with E-state index in [2.05, 4.69) is 16.0 Å². The van der Waals surface area contributed by atoms with E-state index in [1.54, 1.807) is 6.07 Å². The summed E-state index contributed by atoms with van der Waals surface area (Å²) < 4.78 is 70.8. The Labute approximate surface area is 151 Å². The van der Waals surface area contributed by atoms with E-state index < -0.39 is 15.6 Å². The van der Waals surface area contributed by atoms with Gasteiger partial charge in [-0.1, -0.05) is 13.0 Å². The van der Waals surface area contributed by atoms with Gasteiger partial charge < -0.3 is 8.92 Å². The van der Waals surface area contributed by atoms with Gasteiger partial charge in [0.2, 0.25) is 0 Å². The predicted molar refractivity (Wildman–Crippen MR) is 89.6 cm³/mol. The van der Waals surface area contributed by atoms with E-state index in [-0.39, 0.29) is 11.8 Å². The summed E-state index contributed by atoms with van der Waals surface area (Å²) in [7, 11) is -5.71. The highest BCUT2D eigenvalue weighted by Crippen LogP contribution is 2.38. The van der Waals surface area contributed by atoms with Crippen molar-refractivity contribution in [2.75, 3.05) is 19.7 Å². The standard InChI is InChI=1S/C17H22F3NO4S/c1-2-8-21(10-12-6-7-12)13-9-14-15(24-11-13)4-3-5-16(14)25-26(22,23)17(18,19)20/h3-5,12-13H,2,6-11H2,1H3. The smallest absolute Gasteiger partial charge is 0.492 e. The van der Waals surface area contributed by atoms with Crippen LogP contribution in [0.4, 0.5) is 13.2 Å². The van der Waals surface area contributed by atoms with Crippen LogP contribution < -0.4 is 8.92 Å². The molecule has 0 bridgehead atoms. The molecule has 1 aromatic rings. The second-order valence-corrected chi connectivity index (χ2v) is 8.36. The van der Waals surface area contributed by atoms with Gasteiger partial charge in [-0.3, -0.25) is 4.90 Å². The lowest BCUT2D eigenvalue weighted by Gasteiger charge is -2.35. The third kappa shape index (κ3) is 4.25. The summed E-state index contributed by atoms with van der Waals surface area (Å²) in [5.41, 5.74) is -5.10. The van der Waals surface area contributed by atoms with Gasteiger partial charge in [-0.15, -0.1) is 0 Å². The van der Waals surface area contributed by atoms with Crippen LogP contribution in [0, 0.1) is 5.92 Å². The fourth-order valence-corrected chi connectivity index (χ4v) is 3.67. The van der Waals surface area contributed by atoms with E-state index in [0.717, 1.165) is 19.5 Å². The number of hydrogen-bond acceptors (Lipinski definition) is 5. The lowest BCUT2D eigenvalue weighted by Crippen LogP contribution is -2.44. The summed E-state index contributed by atoms with van der Waals surface area (Å²) in [6.07, 6.45) is 3.74. The van der Waals surface area contributed by atoms with Crippen LogP contribution in [0.15, 0.2) is 18.2 Å². The highest BCUT2D eigenvalue weighted by molar-refractivity contribution is 7.88. The largest absolute Gasteiger partial charge is 0.534 e. The number of fused-ring (bicyclic) bond motifs is 1. The predicted octanol–water partition coefficient (Wildman–Crippen LogP) is 3.34. The summed E-state index contributed by atoms with van der Waals surface area (Å²) >= 11 is 0. The highest BCUT2D eigenvalue weighted by atomic mass is 32.2. The minimum absolute atomic E-state index is 0.0126. The summed E-state index contributed by atoms with van der Waals surface area (Å²) in [6.45, 7) is 4.29. The molecular formula is C17H22F3NO4S. The van der Waals surface area contributed by atoms with Crippen molar-refractivity contribution in [3.8, 4) is 11.5 Å². The van der Waals surface area contributed by atoms with Crippen LogP contribution in [0.1, 0.15) is 31.7 Å². The van der Waals surface area contributed by atoms with Crippen LogP contribution >= 0.6 is 0 Å². The second kappa shape index (κ2) is 7.26. The molecule has 5 nitrogen and oxygen atoms in total. The van der Waals surface area contributed by atoms with E-state index in [9.17, 15) is 21.6 Å². The van der Waals surface area contributed by atoms with Gasteiger partial charge in [-0.05, 0) is 50.3 Å².